The van der Waals surface area contributed by atoms with Crippen LogP contribution in [0.2, 0.25) is 0 Å². The fourth-order valence-electron chi connectivity index (χ4n) is 2.77. The molecule has 0 amide bonds. The number of H-pyrrole nitrogens is 1. The van der Waals surface area contributed by atoms with E-state index in [0.717, 1.165) is 13.0 Å². The van der Waals surface area contributed by atoms with Crippen molar-refractivity contribution >= 4 is 10.9 Å². The molecule has 2 heteroatoms. The minimum Gasteiger partial charge on any atom is -0.361 e. The van der Waals surface area contributed by atoms with E-state index in [1.54, 1.807) is 0 Å². The van der Waals surface area contributed by atoms with Crippen LogP contribution in [0.5, 0.6) is 0 Å². The van der Waals surface area contributed by atoms with E-state index >= 15 is 0 Å². The van der Waals surface area contributed by atoms with Crippen LogP contribution in [0.3, 0.4) is 0 Å². The first kappa shape index (κ1) is 15.1. The summed E-state index contributed by atoms with van der Waals surface area (Å²) in [6.07, 6.45) is 9.99. The predicted octanol–water partition coefficient (Wildman–Crippen LogP) is 4.66. The summed E-state index contributed by atoms with van der Waals surface area (Å²) in [5.41, 5.74) is 2.67. The molecule has 2 aromatic rings. The van der Waals surface area contributed by atoms with Gasteiger partial charge in [0.15, 0.2) is 0 Å². The van der Waals surface area contributed by atoms with Crippen molar-refractivity contribution in [2.45, 2.75) is 58.4 Å². The van der Waals surface area contributed by atoms with Gasteiger partial charge in [0.2, 0.25) is 0 Å². The molecule has 0 radical (unpaired) electrons. The van der Waals surface area contributed by atoms with Gasteiger partial charge in [-0.05, 0) is 37.9 Å². The Bertz CT molecular complexity index is 501. The van der Waals surface area contributed by atoms with E-state index < -0.39 is 0 Å². The van der Waals surface area contributed by atoms with E-state index in [1.807, 2.05) is 0 Å². The zero-order valence-corrected chi connectivity index (χ0v) is 12.9. The smallest absolute Gasteiger partial charge is 0.0456 e. The fourth-order valence-corrected chi connectivity index (χ4v) is 2.77. The third-order valence-corrected chi connectivity index (χ3v) is 4.05. The molecule has 1 aromatic heterocycles. The van der Waals surface area contributed by atoms with Crippen LogP contribution < -0.4 is 5.32 Å². The molecule has 0 aliphatic rings. The normalized spacial score (nSPS) is 12.9. The Morgan fingerprint density at radius 2 is 2.00 bits per heavy atom. The van der Waals surface area contributed by atoms with Crippen LogP contribution in [0.15, 0.2) is 30.5 Å². The van der Waals surface area contributed by atoms with Gasteiger partial charge in [-0.1, -0.05) is 50.8 Å². The van der Waals surface area contributed by atoms with E-state index in [4.69, 9.17) is 0 Å². The first-order chi connectivity index (χ1) is 9.81. The number of aromatic amines is 1. The predicted molar refractivity (Wildman–Crippen MR) is 88.2 cm³/mol. The lowest BCUT2D eigenvalue weighted by Crippen LogP contribution is -2.27. The largest absolute Gasteiger partial charge is 0.361 e. The van der Waals surface area contributed by atoms with Crippen LogP contribution in [-0.4, -0.2) is 17.6 Å². The molecule has 1 aromatic carbocycles. The van der Waals surface area contributed by atoms with Gasteiger partial charge in [-0.25, -0.2) is 0 Å². The molecule has 0 saturated heterocycles. The van der Waals surface area contributed by atoms with Gasteiger partial charge in [0, 0.05) is 23.1 Å². The summed E-state index contributed by atoms with van der Waals surface area (Å²) < 4.78 is 0. The topological polar surface area (TPSA) is 27.8 Å². The molecule has 0 aliphatic carbocycles. The number of rotatable bonds is 9. The maximum Gasteiger partial charge on any atom is 0.0456 e. The van der Waals surface area contributed by atoms with Crippen molar-refractivity contribution in [1.82, 2.24) is 10.3 Å². The summed E-state index contributed by atoms with van der Waals surface area (Å²) >= 11 is 0. The third kappa shape index (κ3) is 4.38. The number of benzene rings is 1. The lowest BCUT2D eigenvalue weighted by molar-refractivity contribution is 0.486. The highest BCUT2D eigenvalue weighted by Crippen LogP contribution is 2.17. The van der Waals surface area contributed by atoms with Crippen LogP contribution in [0.25, 0.3) is 10.9 Å². The van der Waals surface area contributed by atoms with Crippen LogP contribution in [0.1, 0.15) is 51.5 Å². The highest BCUT2D eigenvalue weighted by Gasteiger charge is 2.04. The van der Waals surface area contributed by atoms with E-state index in [0.29, 0.717) is 6.04 Å². The molecule has 110 valence electrons. The highest BCUT2D eigenvalue weighted by atomic mass is 14.9. The molecule has 2 nitrogen and oxygen atoms in total. The number of unbranched alkanes of at least 4 members (excludes halogenated alkanes) is 3. The molecule has 2 rings (SSSR count). The number of nitrogens with one attached hydrogen (secondary N) is 2. The van der Waals surface area contributed by atoms with Crippen LogP contribution in [-0.2, 0) is 6.42 Å². The van der Waals surface area contributed by atoms with Crippen LogP contribution in [0.4, 0.5) is 0 Å². The Kier molecular flexibility index (Phi) is 6.13. The highest BCUT2D eigenvalue weighted by molar-refractivity contribution is 5.83. The molecule has 0 fully saturated rings. The monoisotopic (exact) mass is 272 g/mol. The lowest BCUT2D eigenvalue weighted by Gasteiger charge is -2.13. The van der Waals surface area contributed by atoms with Crippen molar-refractivity contribution in [2.75, 3.05) is 6.54 Å². The number of para-hydroxylation sites is 1. The average molecular weight is 272 g/mol. The first-order valence-electron chi connectivity index (χ1n) is 8.09. The molecule has 0 saturated carbocycles. The lowest BCUT2D eigenvalue weighted by atomic mass is 10.1. The SMILES string of the molecule is CCCCCCC(C)NCCc1c[nH]c2ccccc12. The molecule has 1 unspecified atom stereocenters. The van der Waals surface area contributed by atoms with Gasteiger partial charge in [-0.3, -0.25) is 0 Å². The third-order valence-electron chi connectivity index (χ3n) is 4.05. The first-order valence-corrected chi connectivity index (χ1v) is 8.09. The molecule has 0 spiro atoms. The molecular weight excluding hydrogens is 244 g/mol. The van der Waals surface area contributed by atoms with Crippen LogP contribution in [0, 0.1) is 0 Å². The molecule has 0 bridgehead atoms. The van der Waals surface area contributed by atoms with Crippen molar-refractivity contribution in [3.05, 3.63) is 36.0 Å². The van der Waals surface area contributed by atoms with E-state index in [2.05, 4.69) is 54.6 Å². The summed E-state index contributed by atoms with van der Waals surface area (Å²) in [5.74, 6) is 0. The molecular formula is C18H28N2. The molecule has 1 atom stereocenters. The second-order valence-electron chi connectivity index (χ2n) is 5.81. The molecule has 20 heavy (non-hydrogen) atoms. The summed E-state index contributed by atoms with van der Waals surface area (Å²) in [6.45, 7) is 5.64. The summed E-state index contributed by atoms with van der Waals surface area (Å²) in [5, 5.41) is 5.01. The standard InChI is InChI=1S/C18H28N2/c1-3-4-5-6-9-15(2)19-13-12-16-14-20-18-11-8-7-10-17(16)18/h7-8,10-11,14-15,19-20H,3-6,9,12-13H2,1-2H3. The molecule has 0 aliphatic heterocycles. The van der Waals surface area contributed by atoms with Crippen molar-refractivity contribution in [2.24, 2.45) is 0 Å². The zero-order chi connectivity index (χ0) is 14.2. The van der Waals surface area contributed by atoms with Gasteiger partial charge in [0.25, 0.3) is 0 Å². The van der Waals surface area contributed by atoms with Crippen molar-refractivity contribution < 1.29 is 0 Å². The van der Waals surface area contributed by atoms with Gasteiger partial charge >= 0.3 is 0 Å². The summed E-state index contributed by atoms with van der Waals surface area (Å²) in [6, 6.07) is 9.18. The van der Waals surface area contributed by atoms with Gasteiger partial charge < -0.3 is 10.3 Å². The Labute approximate surface area is 123 Å². The maximum absolute atomic E-state index is 3.65. The fraction of sp³-hybridized carbons (Fsp3) is 0.556. The Balaban J connectivity index is 1.70. The average Bonchev–Trinajstić information content (AvgIpc) is 2.87. The molecule has 2 N–H and O–H groups in total. The van der Waals surface area contributed by atoms with Crippen LogP contribution >= 0.6 is 0 Å². The Morgan fingerprint density at radius 3 is 2.85 bits per heavy atom. The minimum atomic E-state index is 0.636. The Hall–Kier alpha value is -1.28. The number of aromatic nitrogens is 1. The summed E-state index contributed by atoms with van der Waals surface area (Å²) in [4.78, 5) is 3.35. The number of hydrogen-bond donors (Lipinski definition) is 2. The Morgan fingerprint density at radius 1 is 1.15 bits per heavy atom. The van der Waals surface area contributed by atoms with E-state index in [1.165, 1.54) is 48.6 Å². The quantitative estimate of drug-likeness (QED) is 0.638. The van der Waals surface area contributed by atoms with Gasteiger partial charge in [0.05, 0.1) is 0 Å². The maximum atomic E-state index is 3.65. The van der Waals surface area contributed by atoms with E-state index in [-0.39, 0.29) is 0 Å². The van der Waals surface area contributed by atoms with Gasteiger partial charge in [0.1, 0.15) is 0 Å². The summed E-state index contributed by atoms with van der Waals surface area (Å²) in [7, 11) is 0. The minimum absolute atomic E-state index is 0.636. The van der Waals surface area contributed by atoms with Gasteiger partial charge in [-0.2, -0.15) is 0 Å². The van der Waals surface area contributed by atoms with Crippen molar-refractivity contribution in [1.29, 1.82) is 0 Å². The van der Waals surface area contributed by atoms with Gasteiger partial charge in [-0.15, -0.1) is 0 Å². The zero-order valence-electron chi connectivity index (χ0n) is 12.9. The molecule has 1 heterocycles. The van der Waals surface area contributed by atoms with Crippen molar-refractivity contribution in [3.8, 4) is 0 Å². The van der Waals surface area contributed by atoms with Crippen molar-refractivity contribution in [3.63, 3.8) is 0 Å². The number of fused-ring (bicyclic) bond motifs is 1. The van der Waals surface area contributed by atoms with E-state index in [9.17, 15) is 0 Å². The number of hydrogen-bond acceptors (Lipinski definition) is 1. The second kappa shape index (κ2) is 8.11. The second-order valence-corrected chi connectivity index (χ2v) is 5.81.